The van der Waals surface area contributed by atoms with Gasteiger partial charge in [0.15, 0.2) is 0 Å². The Morgan fingerprint density at radius 2 is 2.03 bits per heavy atom. The molecule has 0 aliphatic carbocycles. The predicted molar refractivity (Wildman–Crippen MR) is 124 cm³/mol. The third kappa shape index (κ3) is 3.79. The molecule has 2 aromatic heterocycles. The maximum Gasteiger partial charge on any atom is 0.239 e. The van der Waals surface area contributed by atoms with E-state index in [0.717, 1.165) is 0 Å². The molecule has 2 N–H and O–H groups in total. The highest BCUT2D eigenvalue weighted by Gasteiger charge is 2.34. The second-order valence-electron chi connectivity index (χ2n) is 8.54. The van der Waals surface area contributed by atoms with Crippen LogP contribution >= 0.6 is 0 Å². The van der Waals surface area contributed by atoms with E-state index in [0.29, 0.717) is 48.3 Å². The van der Waals surface area contributed by atoms with Gasteiger partial charge in [0, 0.05) is 32.0 Å². The van der Waals surface area contributed by atoms with E-state index in [4.69, 9.17) is 19.5 Å². The van der Waals surface area contributed by atoms with E-state index >= 15 is 0 Å². The molecule has 2 atom stereocenters. The van der Waals surface area contributed by atoms with E-state index in [9.17, 15) is 8.60 Å². The minimum atomic E-state index is -3.00. The van der Waals surface area contributed by atoms with Gasteiger partial charge in [0.2, 0.25) is 11.9 Å². The van der Waals surface area contributed by atoms with Gasteiger partial charge in [-0.05, 0) is 32.9 Å². The van der Waals surface area contributed by atoms with Crippen LogP contribution in [0, 0.1) is 10.6 Å². The predicted octanol–water partition coefficient (Wildman–Crippen LogP) is 3.13. The van der Waals surface area contributed by atoms with Gasteiger partial charge in [-0.25, -0.2) is 23.1 Å². The lowest BCUT2D eigenvalue weighted by atomic mass is 10.1. The van der Waals surface area contributed by atoms with Crippen LogP contribution in [0.25, 0.3) is 17.0 Å². The molecule has 0 spiro atoms. The van der Waals surface area contributed by atoms with Gasteiger partial charge in [0.1, 0.15) is 11.6 Å². The minimum absolute atomic E-state index is 0.0743. The fourth-order valence-electron chi connectivity index (χ4n) is 3.66. The summed E-state index contributed by atoms with van der Waals surface area (Å²) >= 11 is 0. The third-order valence-corrected chi connectivity index (χ3v) is 8.15. The Kier molecular flexibility index (Phi) is 5.58. The van der Waals surface area contributed by atoms with Gasteiger partial charge < -0.3 is 15.0 Å². The van der Waals surface area contributed by atoms with Gasteiger partial charge in [-0.2, -0.15) is 4.98 Å². The van der Waals surface area contributed by atoms with Crippen LogP contribution < -0.4 is 10.2 Å². The normalized spacial score (nSPS) is 19.2. The summed E-state index contributed by atoms with van der Waals surface area (Å²) in [5, 5.41) is 3.02. The molecule has 3 aromatic rings. The Labute approximate surface area is 187 Å². The number of hydrogen-bond donors (Lipinski definition) is 2. The summed E-state index contributed by atoms with van der Waals surface area (Å²) in [6, 6.07) is 6.21. The summed E-state index contributed by atoms with van der Waals surface area (Å²) in [5.74, 6) is 0.954. The first kappa shape index (κ1) is 22.4. The molecular weight excluding hydrogens is 433 g/mol. The molecule has 1 aliphatic heterocycles. The van der Waals surface area contributed by atoms with Crippen LogP contribution in [0.4, 0.5) is 16.2 Å². The Bertz CT molecular complexity index is 1270. The van der Waals surface area contributed by atoms with Gasteiger partial charge in [0.05, 0.1) is 50.5 Å². The van der Waals surface area contributed by atoms with Crippen LogP contribution in [0.2, 0.25) is 0 Å². The number of nitrogens with one attached hydrogen (secondary N) is 2. The number of anilines is 2. The molecule has 1 saturated heterocycles. The second-order valence-corrected chi connectivity index (χ2v) is 11.2. The average Bonchev–Trinajstić information content (AvgIpc) is 3.10. The first-order chi connectivity index (χ1) is 15.0. The van der Waals surface area contributed by atoms with Crippen LogP contribution in [0.15, 0.2) is 24.3 Å². The van der Waals surface area contributed by atoms with Crippen molar-refractivity contribution < 1.29 is 13.3 Å². The van der Waals surface area contributed by atoms with Crippen molar-refractivity contribution in [2.45, 2.75) is 31.6 Å². The van der Waals surface area contributed by atoms with E-state index in [1.54, 1.807) is 37.6 Å². The zero-order chi connectivity index (χ0) is 23.3. The lowest BCUT2D eigenvalue weighted by Gasteiger charge is -2.35. The molecule has 3 heterocycles. The largest absolute Gasteiger partial charge is 0.377 e. The number of ether oxygens (including phenoxy) is 1. The van der Waals surface area contributed by atoms with Gasteiger partial charge in [-0.1, -0.05) is 0 Å². The smallest absolute Gasteiger partial charge is 0.239 e. The van der Waals surface area contributed by atoms with E-state index in [1.807, 2.05) is 6.92 Å². The fraction of sp³-hybridized carbons (Fsp3) is 0.476. The molecule has 0 radical (unpaired) electrons. The number of imidazole rings is 1. The first-order valence-electron chi connectivity index (χ1n) is 10.4. The minimum Gasteiger partial charge on any atom is -0.377 e. The second kappa shape index (κ2) is 7.96. The number of aromatic nitrogens is 4. The molecule has 1 fully saturated rings. The van der Waals surface area contributed by atoms with Crippen molar-refractivity contribution in [1.82, 2.24) is 19.5 Å². The summed E-state index contributed by atoms with van der Waals surface area (Å²) in [6.45, 7) is 7.28. The van der Waals surface area contributed by atoms with Crippen molar-refractivity contribution >= 4 is 32.5 Å². The SMILES string of the molecule is CNc1nc2ccc(F)cc2n1-c1nc(N2CCOC[C@H]2C)cc(C(C)(C)[S@@](C)(=N)=O)n1. The Morgan fingerprint density at radius 1 is 1.28 bits per heavy atom. The van der Waals surface area contributed by atoms with E-state index in [1.165, 1.54) is 18.4 Å². The highest BCUT2D eigenvalue weighted by atomic mass is 32.2. The van der Waals surface area contributed by atoms with Crippen LogP contribution in [-0.2, 0) is 19.2 Å². The van der Waals surface area contributed by atoms with E-state index in [-0.39, 0.29) is 12.0 Å². The number of rotatable bonds is 5. The molecule has 0 bridgehead atoms. The quantitative estimate of drug-likeness (QED) is 0.601. The van der Waals surface area contributed by atoms with Gasteiger partial charge in [-0.3, -0.25) is 4.78 Å². The van der Waals surface area contributed by atoms with Crippen molar-refractivity contribution in [3.8, 4) is 5.95 Å². The summed E-state index contributed by atoms with van der Waals surface area (Å²) < 4.78 is 41.4. The van der Waals surface area contributed by atoms with Crippen LogP contribution in [-0.4, -0.2) is 62.8 Å². The fourth-order valence-corrected chi connectivity index (χ4v) is 4.17. The molecule has 1 aromatic carbocycles. The number of benzene rings is 1. The third-order valence-electron chi connectivity index (χ3n) is 5.99. The summed E-state index contributed by atoms with van der Waals surface area (Å²) in [4.78, 5) is 16.1. The Hall–Kier alpha value is -2.79. The molecule has 11 heteroatoms. The van der Waals surface area contributed by atoms with Crippen molar-refractivity contribution in [2.24, 2.45) is 0 Å². The molecule has 0 saturated carbocycles. The first-order valence-corrected chi connectivity index (χ1v) is 12.3. The zero-order valence-corrected chi connectivity index (χ0v) is 19.7. The van der Waals surface area contributed by atoms with Gasteiger partial charge in [-0.15, -0.1) is 0 Å². The monoisotopic (exact) mass is 461 g/mol. The Morgan fingerprint density at radius 3 is 2.69 bits per heavy atom. The van der Waals surface area contributed by atoms with E-state index < -0.39 is 20.3 Å². The van der Waals surface area contributed by atoms with Crippen molar-refractivity contribution in [3.63, 3.8) is 0 Å². The summed E-state index contributed by atoms with van der Waals surface area (Å²) in [6.07, 6.45) is 1.41. The summed E-state index contributed by atoms with van der Waals surface area (Å²) in [5.41, 5.74) is 1.57. The molecule has 1 aliphatic rings. The topological polar surface area (TPSA) is 109 Å². The summed E-state index contributed by atoms with van der Waals surface area (Å²) in [7, 11) is -1.28. The molecular formula is C21H28FN7O2S. The number of fused-ring (bicyclic) bond motifs is 1. The number of nitrogens with zero attached hydrogens (tertiary/aromatic N) is 5. The number of morpholine rings is 1. The zero-order valence-electron chi connectivity index (χ0n) is 18.8. The molecule has 9 nitrogen and oxygen atoms in total. The maximum atomic E-state index is 14.1. The molecule has 0 amide bonds. The highest BCUT2D eigenvalue weighted by molar-refractivity contribution is 7.92. The lowest BCUT2D eigenvalue weighted by Crippen LogP contribution is -2.44. The van der Waals surface area contributed by atoms with Crippen molar-refractivity contribution in [3.05, 3.63) is 35.8 Å². The molecule has 32 heavy (non-hydrogen) atoms. The maximum absolute atomic E-state index is 14.1. The van der Waals surface area contributed by atoms with Crippen molar-refractivity contribution in [1.29, 1.82) is 4.78 Å². The molecule has 4 rings (SSSR count). The van der Waals surface area contributed by atoms with Crippen LogP contribution in [0.3, 0.4) is 0 Å². The Balaban J connectivity index is 2.01. The number of hydrogen-bond acceptors (Lipinski definition) is 8. The van der Waals surface area contributed by atoms with Gasteiger partial charge >= 0.3 is 0 Å². The van der Waals surface area contributed by atoms with Gasteiger partial charge in [0.25, 0.3) is 0 Å². The van der Waals surface area contributed by atoms with Crippen LogP contribution in [0.1, 0.15) is 26.5 Å². The lowest BCUT2D eigenvalue weighted by molar-refractivity contribution is 0.0985. The van der Waals surface area contributed by atoms with E-state index in [2.05, 4.69) is 15.2 Å². The number of halogens is 1. The van der Waals surface area contributed by atoms with Crippen LogP contribution in [0.5, 0.6) is 0 Å². The molecule has 172 valence electrons. The molecule has 0 unspecified atom stereocenters. The average molecular weight is 462 g/mol. The standard InChI is InChI=1S/C21H28FN7O2S/c1-13-12-31-9-8-28(13)18-11-17(21(2,3)32(5,23)30)26-20(27-18)29-16-10-14(22)6-7-15(16)25-19(29)24-4/h6-7,10-11,13,23H,8-9,12H2,1-5H3,(H,24,25)/t13-,32+/m1/s1. The highest BCUT2D eigenvalue weighted by Crippen LogP contribution is 2.33. The van der Waals surface area contributed by atoms with Crippen molar-refractivity contribution in [2.75, 3.05) is 43.3 Å².